The third kappa shape index (κ3) is 8.20. The zero-order valence-electron chi connectivity index (χ0n) is 22.6. The molecule has 208 valence electrons. The maximum atomic E-state index is 6.98. The molecule has 5 rings (SSSR count). The van der Waals surface area contributed by atoms with Crippen molar-refractivity contribution in [3.63, 3.8) is 0 Å². The molecular formula is C34H35ClO4S. The summed E-state index contributed by atoms with van der Waals surface area (Å²) in [6, 6.07) is 38.9. The minimum Gasteiger partial charge on any atom is -0.374 e. The van der Waals surface area contributed by atoms with Gasteiger partial charge in [0.2, 0.25) is 0 Å². The Morgan fingerprint density at radius 1 is 0.650 bits per heavy atom. The quantitative estimate of drug-likeness (QED) is 0.161. The third-order valence-electron chi connectivity index (χ3n) is 6.83. The standard InChI is InChI=1S/C34H35ClO4S/c1-25-17-19-29(20-18-25)40-33-32(38-23-28-15-9-4-10-16-28)31(37-22-27-13-7-3-8-14-27)30(39-34(33)35)24-36-21-26-11-5-2-6-12-26/h2-20,30-34H,21-24H2,1H3/t30-,31+,32+,33+,34-/m1/s1. The predicted molar refractivity (Wildman–Crippen MR) is 161 cm³/mol. The van der Waals surface area contributed by atoms with Crippen LogP contribution in [0.5, 0.6) is 0 Å². The van der Waals surface area contributed by atoms with Crippen LogP contribution in [0.4, 0.5) is 0 Å². The van der Waals surface area contributed by atoms with Crippen LogP contribution in [0.15, 0.2) is 120 Å². The van der Waals surface area contributed by atoms with Crippen molar-refractivity contribution >= 4 is 23.4 Å². The molecule has 0 spiro atoms. The topological polar surface area (TPSA) is 36.9 Å². The largest absolute Gasteiger partial charge is 0.374 e. The van der Waals surface area contributed by atoms with Crippen molar-refractivity contribution in [2.45, 2.75) is 60.8 Å². The Morgan fingerprint density at radius 2 is 1.15 bits per heavy atom. The Kier molecular flexibility index (Phi) is 10.7. The SMILES string of the molecule is Cc1ccc(S[C@H]2[C@@H](OCc3ccccc3)[C@@H](OCc3ccccc3)[C@@H](COCc3ccccc3)O[C@H]2Cl)cc1. The second-order valence-corrected chi connectivity index (χ2v) is 11.6. The van der Waals surface area contributed by atoms with Gasteiger partial charge >= 0.3 is 0 Å². The summed E-state index contributed by atoms with van der Waals surface area (Å²) in [5.41, 5.74) is 3.91. The van der Waals surface area contributed by atoms with E-state index in [-0.39, 0.29) is 11.4 Å². The van der Waals surface area contributed by atoms with Crippen LogP contribution in [0.25, 0.3) is 0 Å². The van der Waals surface area contributed by atoms with Gasteiger partial charge in [-0.25, -0.2) is 0 Å². The molecule has 1 fully saturated rings. The lowest BCUT2D eigenvalue weighted by Gasteiger charge is -2.44. The number of hydrogen-bond acceptors (Lipinski definition) is 5. The van der Waals surface area contributed by atoms with E-state index in [1.807, 2.05) is 54.6 Å². The van der Waals surface area contributed by atoms with Gasteiger partial charge in [-0.05, 0) is 35.7 Å². The highest BCUT2D eigenvalue weighted by atomic mass is 35.5. The van der Waals surface area contributed by atoms with Crippen molar-refractivity contribution in [3.05, 3.63) is 138 Å². The van der Waals surface area contributed by atoms with Crippen LogP contribution >= 0.6 is 23.4 Å². The minimum absolute atomic E-state index is 0.195. The molecule has 5 atom stereocenters. The molecule has 1 saturated heterocycles. The number of ether oxygens (including phenoxy) is 4. The highest BCUT2D eigenvalue weighted by molar-refractivity contribution is 8.00. The lowest BCUT2D eigenvalue weighted by Crippen LogP contribution is -2.58. The molecule has 6 heteroatoms. The summed E-state index contributed by atoms with van der Waals surface area (Å²) >= 11 is 8.65. The molecule has 4 aromatic carbocycles. The van der Waals surface area contributed by atoms with E-state index in [1.165, 1.54) is 5.56 Å². The molecule has 1 aliphatic rings. The third-order valence-corrected chi connectivity index (χ3v) is 8.69. The van der Waals surface area contributed by atoms with Gasteiger partial charge in [-0.3, -0.25) is 0 Å². The van der Waals surface area contributed by atoms with Crippen molar-refractivity contribution in [1.29, 1.82) is 0 Å². The second kappa shape index (κ2) is 14.8. The monoisotopic (exact) mass is 574 g/mol. The predicted octanol–water partition coefficient (Wildman–Crippen LogP) is 7.81. The van der Waals surface area contributed by atoms with Crippen molar-refractivity contribution in [2.24, 2.45) is 0 Å². The molecule has 40 heavy (non-hydrogen) atoms. The van der Waals surface area contributed by atoms with Crippen molar-refractivity contribution in [2.75, 3.05) is 6.61 Å². The number of halogens is 1. The maximum absolute atomic E-state index is 6.98. The van der Waals surface area contributed by atoms with E-state index in [1.54, 1.807) is 11.8 Å². The smallest absolute Gasteiger partial charge is 0.146 e. The van der Waals surface area contributed by atoms with Crippen LogP contribution in [-0.2, 0) is 38.8 Å². The zero-order valence-corrected chi connectivity index (χ0v) is 24.2. The van der Waals surface area contributed by atoms with Crippen molar-refractivity contribution in [1.82, 2.24) is 0 Å². The molecule has 0 N–H and O–H groups in total. The van der Waals surface area contributed by atoms with E-state index in [4.69, 9.17) is 30.5 Å². The van der Waals surface area contributed by atoms with Crippen LogP contribution in [0, 0.1) is 6.92 Å². The summed E-state index contributed by atoms with van der Waals surface area (Å²) in [7, 11) is 0. The van der Waals surface area contributed by atoms with E-state index in [0.717, 1.165) is 21.6 Å². The summed E-state index contributed by atoms with van der Waals surface area (Å²) < 4.78 is 25.9. The molecule has 0 saturated carbocycles. The molecule has 0 aliphatic carbocycles. The van der Waals surface area contributed by atoms with E-state index in [0.29, 0.717) is 26.4 Å². The van der Waals surface area contributed by atoms with Crippen molar-refractivity contribution < 1.29 is 18.9 Å². The van der Waals surface area contributed by atoms with Crippen LogP contribution in [0.2, 0.25) is 0 Å². The first-order chi connectivity index (χ1) is 19.7. The number of hydrogen-bond donors (Lipinski definition) is 0. The normalized spacial score (nSPS) is 22.7. The Hall–Kier alpha value is -2.64. The lowest BCUT2D eigenvalue weighted by atomic mass is 10.0. The Bertz CT molecular complexity index is 1270. The number of rotatable bonds is 12. The second-order valence-electron chi connectivity index (χ2n) is 9.94. The average molecular weight is 575 g/mol. The molecule has 0 unspecified atom stereocenters. The average Bonchev–Trinajstić information content (AvgIpc) is 2.99. The van der Waals surface area contributed by atoms with Gasteiger partial charge in [0.05, 0.1) is 31.7 Å². The zero-order chi connectivity index (χ0) is 27.6. The van der Waals surface area contributed by atoms with Gasteiger partial charge in [0.15, 0.2) is 0 Å². The fourth-order valence-electron chi connectivity index (χ4n) is 4.69. The van der Waals surface area contributed by atoms with Crippen LogP contribution in [0.3, 0.4) is 0 Å². The van der Waals surface area contributed by atoms with Crippen LogP contribution in [-0.4, -0.2) is 35.7 Å². The summed E-state index contributed by atoms with van der Waals surface area (Å²) in [4.78, 5) is 1.11. The van der Waals surface area contributed by atoms with Gasteiger partial charge in [0, 0.05) is 4.90 Å². The van der Waals surface area contributed by atoms with Gasteiger partial charge in [-0.15, -0.1) is 11.8 Å². The van der Waals surface area contributed by atoms with Gasteiger partial charge < -0.3 is 18.9 Å². The summed E-state index contributed by atoms with van der Waals surface area (Å²) in [5.74, 6) is 0. The highest BCUT2D eigenvalue weighted by Crippen LogP contribution is 2.39. The molecule has 0 bridgehead atoms. The summed E-state index contributed by atoms with van der Waals surface area (Å²) in [6.45, 7) is 3.79. The van der Waals surface area contributed by atoms with Crippen LogP contribution in [0.1, 0.15) is 22.3 Å². The molecular weight excluding hydrogens is 540 g/mol. The maximum Gasteiger partial charge on any atom is 0.146 e. The molecule has 4 nitrogen and oxygen atoms in total. The summed E-state index contributed by atoms with van der Waals surface area (Å²) in [5, 5.41) is -0.195. The molecule has 1 aliphatic heterocycles. The molecule has 4 aromatic rings. The van der Waals surface area contributed by atoms with E-state index >= 15 is 0 Å². The van der Waals surface area contributed by atoms with E-state index in [2.05, 4.69) is 67.6 Å². The van der Waals surface area contributed by atoms with E-state index < -0.39 is 17.8 Å². The number of thioether (sulfide) groups is 1. The molecule has 1 heterocycles. The highest BCUT2D eigenvalue weighted by Gasteiger charge is 2.47. The molecule has 0 radical (unpaired) electrons. The fraction of sp³-hybridized carbons (Fsp3) is 0.294. The Morgan fingerprint density at radius 3 is 1.70 bits per heavy atom. The number of benzene rings is 4. The summed E-state index contributed by atoms with van der Waals surface area (Å²) in [6.07, 6.45) is -1.12. The van der Waals surface area contributed by atoms with Crippen molar-refractivity contribution in [3.8, 4) is 0 Å². The Labute approximate surface area is 246 Å². The van der Waals surface area contributed by atoms with Crippen LogP contribution < -0.4 is 0 Å². The lowest BCUT2D eigenvalue weighted by molar-refractivity contribution is -0.202. The minimum atomic E-state index is -0.589. The Balaban J connectivity index is 1.39. The first-order valence-corrected chi connectivity index (χ1v) is 14.9. The number of aryl methyl sites for hydroxylation is 1. The van der Waals surface area contributed by atoms with Gasteiger partial charge in [-0.2, -0.15) is 0 Å². The molecule has 0 aromatic heterocycles. The van der Waals surface area contributed by atoms with Gasteiger partial charge in [0.1, 0.15) is 23.9 Å². The first-order valence-electron chi connectivity index (χ1n) is 13.6. The van der Waals surface area contributed by atoms with Gasteiger partial charge in [-0.1, -0.05) is 120 Å². The van der Waals surface area contributed by atoms with Gasteiger partial charge in [0.25, 0.3) is 0 Å². The fourth-order valence-corrected chi connectivity index (χ4v) is 6.27. The first kappa shape index (κ1) is 28.9. The molecule has 0 amide bonds. The number of alkyl halides is 1. The van der Waals surface area contributed by atoms with E-state index in [9.17, 15) is 0 Å².